The first-order chi connectivity index (χ1) is 14.1. The molecule has 4 heteroatoms. The zero-order chi connectivity index (χ0) is 20.0. The van der Waals surface area contributed by atoms with Crippen molar-refractivity contribution in [1.29, 1.82) is 0 Å². The lowest BCUT2D eigenvalue weighted by molar-refractivity contribution is 0.717. The van der Waals surface area contributed by atoms with E-state index in [1.165, 1.54) is 38.9 Å². The van der Waals surface area contributed by atoms with Crippen molar-refractivity contribution in [2.75, 3.05) is 11.4 Å². The number of aromatic nitrogens is 2. The van der Waals surface area contributed by atoms with Gasteiger partial charge in [0.1, 0.15) is 5.15 Å². The van der Waals surface area contributed by atoms with E-state index in [0.29, 0.717) is 5.15 Å². The lowest BCUT2D eigenvalue weighted by Crippen LogP contribution is -2.31. The molecular weight excluding hydrogens is 378 g/mol. The molecule has 0 spiro atoms. The predicted molar refractivity (Wildman–Crippen MR) is 121 cm³/mol. The quantitative estimate of drug-likeness (QED) is 0.397. The molecule has 0 radical (unpaired) electrons. The average molecular weight is 402 g/mol. The number of hydrogen-bond acceptors (Lipinski definition) is 2. The third-order valence-electron chi connectivity index (χ3n) is 6.18. The van der Waals surface area contributed by atoms with Gasteiger partial charge in [-0.05, 0) is 48.6 Å². The van der Waals surface area contributed by atoms with E-state index in [2.05, 4.69) is 77.9 Å². The first-order valence-corrected chi connectivity index (χ1v) is 10.5. The van der Waals surface area contributed by atoms with Gasteiger partial charge < -0.3 is 9.47 Å². The van der Waals surface area contributed by atoms with Crippen molar-refractivity contribution in [3.05, 3.63) is 93.8 Å². The summed E-state index contributed by atoms with van der Waals surface area (Å²) in [6.07, 6.45) is 1.03. The summed E-state index contributed by atoms with van der Waals surface area (Å²) in [7, 11) is 0. The predicted octanol–water partition coefficient (Wildman–Crippen LogP) is 5.92. The van der Waals surface area contributed by atoms with E-state index in [0.717, 1.165) is 31.9 Å². The van der Waals surface area contributed by atoms with E-state index in [-0.39, 0.29) is 0 Å². The summed E-state index contributed by atoms with van der Waals surface area (Å²) in [6.45, 7) is 7.03. The minimum atomic E-state index is 0.561. The second-order valence-electron chi connectivity index (χ2n) is 7.89. The molecule has 3 nitrogen and oxygen atoms in total. The molecule has 0 aliphatic carbocycles. The monoisotopic (exact) mass is 401 g/mol. The second kappa shape index (κ2) is 7.23. The Balaban J connectivity index is 1.66. The van der Waals surface area contributed by atoms with Gasteiger partial charge in [0, 0.05) is 30.7 Å². The van der Waals surface area contributed by atoms with Gasteiger partial charge in [0.25, 0.3) is 0 Å². The maximum Gasteiger partial charge on any atom is 0.155 e. The molecule has 29 heavy (non-hydrogen) atoms. The van der Waals surface area contributed by atoms with Crippen molar-refractivity contribution >= 4 is 28.3 Å². The molecule has 0 amide bonds. The van der Waals surface area contributed by atoms with Crippen LogP contribution in [0.2, 0.25) is 5.15 Å². The second-order valence-corrected chi connectivity index (χ2v) is 8.27. The van der Waals surface area contributed by atoms with Crippen LogP contribution in [0.5, 0.6) is 0 Å². The minimum absolute atomic E-state index is 0.561. The van der Waals surface area contributed by atoms with Crippen molar-refractivity contribution in [3.63, 3.8) is 0 Å². The number of nitrogens with zero attached hydrogens (tertiary/aromatic N) is 3. The number of pyridine rings is 1. The van der Waals surface area contributed by atoms with Crippen molar-refractivity contribution in [2.24, 2.45) is 0 Å². The Hall–Kier alpha value is -2.78. The SMILES string of the molecule is Cc1c(C)n(Cc2ccccc2)c2c(N3CCc4ccccc4C3)nc(Cl)cc12. The Labute approximate surface area is 176 Å². The van der Waals surface area contributed by atoms with E-state index in [9.17, 15) is 0 Å². The highest BCUT2D eigenvalue weighted by Crippen LogP contribution is 2.36. The Kier molecular flexibility index (Phi) is 4.56. The van der Waals surface area contributed by atoms with Crippen LogP contribution in [-0.4, -0.2) is 16.1 Å². The van der Waals surface area contributed by atoms with Crippen LogP contribution in [-0.2, 0) is 19.5 Å². The number of benzene rings is 2. The van der Waals surface area contributed by atoms with Crippen molar-refractivity contribution in [2.45, 2.75) is 33.4 Å². The highest BCUT2D eigenvalue weighted by Gasteiger charge is 2.23. The molecular formula is C25H24ClN3. The van der Waals surface area contributed by atoms with Gasteiger partial charge in [-0.2, -0.15) is 0 Å². The average Bonchev–Trinajstić information content (AvgIpc) is 2.98. The van der Waals surface area contributed by atoms with Gasteiger partial charge in [-0.3, -0.25) is 0 Å². The summed E-state index contributed by atoms with van der Waals surface area (Å²) in [5.41, 5.74) is 7.84. The van der Waals surface area contributed by atoms with Gasteiger partial charge >= 0.3 is 0 Å². The Morgan fingerprint density at radius 3 is 2.48 bits per heavy atom. The fourth-order valence-corrected chi connectivity index (χ4v) is 4.66. The molecule has 0 saturated carbocycles. The summed E-state index contributed by atoms with van der Waals surface area (Å²) in [6, 6.07) is 21.3. The zero-order valence-electron chi connectivity index (χ0n) is 16.8. The fraction of sp³-hybridized carbons (Fsp3) is 0.240. The third kappa shape index (κ3) is 3.20. The Bertz CT molecular complexity index is 1190. The van der Waals surface area contributed by atoms with Crippen LogP contribution < -0.4 is 4.90 Å². The van der Waals surface area contributed by atoms with Crippen LogP contribution in [0.1, 0.15) is 27.9 Å². The maximum atomic E-state index is 6.49. The molecule has 0 N–H and O–H groups in total. The van der Waals surface area contributed by atoms with Crippen LogP contribution in [0.25, 0.3) is 10.9 Å². The number of anilines is 1. The van der Waals surface area contributed by atoms with Crippen LogP contribution >= 0.6 is 11.6 Å². The number of hydrogen-bond donors (Lipinski definition) is 0. The van der Waals surface area contributed by atoms with E-state index < -0.39 is 0 Å². The van der Waals surface area contributed by atoms with Crippen LogP contribution in [0.4, 0.5) is 5.82 Å². The molecule has 0 fully saturated rings. The lowest BCUT2D eigenvalue weighted by Gasteiger charge is -2.30. The highest BCUT2D eigenvalue weighted by atomic mass is 35.5. The van der Waals surface area contributed by atoms with E-state index in [1.54, 1.807) is 0 Å². The van der Waals surface area contributed by atoms with Crippen LogP contribution in [0.3, 0.4) is 0 Å². The van der Waals surface area contributed by atoms with Gasteiger partial charge in [0.2, 0.25) is 0 Å². The molecule has 3 heterocycles. The lowest BCUT2D eigenvalue weighted by atomic mass is 10.00. The molecule has 0 bridgehead atoms. The van der Waals surface area contributed by atoms with Gasteiger partial charge in [-0.25, -0.2) is 4.98 Å². The number of aryl methyl sites for hydroxylation is 1. The zero-order valence-corrected chi connectivity index (χ0v) is 17.6. The molecule has 5 rings (SSSR count). The third-order valence-corrected chi connectivity index (χ3v) is 6.37. The first kappa shape index (κ1) is 18.3. The molecule has 0 unspecified atom stereocenters. The van der Waals surface area contributed by atoms with Crippen molar-refractivity contribution in [3.8, 4) is 0 Å². The molecule has 2 aromatic heterocycles. The molecule has 0 saturated heterocycles. The van der Waals surface area contributed by atoms with E-state index >= 15 is 0 Å². The normalized spacial score (nSPS) is 13.7. The first-order valence-electron chi connectivity index (χ1n) is 10.1. The topological polar surface area (TPSA) is 21.1 Å². The number of rotatable bonds is 3. The van der Waals surface area contributed by atoms with Crippen molar-refractivity contribution in [1.82, 2.24) is 9.55 Å². The maximum absolute atomic E-state index is 6.49. The Morgan fingerprint density at radius 1 is 0.966 bits per heavy atom. The summed E-state index contributed by atoms with van der Waals surface area (Å²) >= 11 is 6.49. The molecule has 1 aliphatic heterocycles. The summed E-state index contributed by atoms with van der Waals surface area (Å²) in [5.74, 6) is 0.995. The number of fused-ring (bicyclic) bond motifs is 2. The van der Waals surface area contributed by atoms with E-state index in [1.807, 2.05) is 6.07 Å². The number of halogens is 1. The fourth-order valence-electron chi connectivity index (χ4n) is 4.47. The van der Waals surface area contributed by atoms with Gasteiger partial charge in [-0.15, -0.1) is 0 Å². The highest BCUT2D eigenvalue weighted by molar-refractivity contribution is 6.30. The summed E-state index contributed by atoms with van der Waals surface area (Å²) < 4.78 is 2.40. The van der Waals surface area contributed by atoms with Gasteiger partial charge in [0.15, 0.2) is 5.82 Å². The van der Waals surface area contributed by atoms with E-state index in [4.69, 9.17) is 16.6 Å². The minimum Gasteiger partial charge on any atom is -0.350 e. The van der Waals surface area contributed by atoms with Gasteiger partial charge in [-0.1, -0.05) is 66.2 Å². The largest absolute Gasteiger partial charge is 0.350 e. The molecule has 0 atom stereocenters. The van der Waals surface area contributed by atoms with Crippen LogP contribution in [0, 0.1) is 13.8 Å². The smallest absolute Gasteiger partial charge is 0.155 e. The van der Waals surface area contributed by atoms with Gasteiger partial charge in [0.05, 0.1) is 5.52 Å². The van der Waals surface area contributed by atoms with Crippen LogP contribution in [0.15, 0.2) is 60.7 Å². The summed E-state index contributed by atoms with van der Waals surface area (Å²) in [4.78, 5) is 7.21. The molecule has 4 aromatic rings. The molecule has 146 valence electrons. The summed E-state index contributed by atoms with van der Waals surface area (Å²) in [5, 5.41) is 1.76. The standard InChI is InChI=1S/C25H24ClN3/c1-17-18(2)29(15-19-8-4-3-5-9-19)24-22(17)14-23(26)27-25(24)28-13-12-20-10-6-7-11-21(20)16-28/h3-11,14H,12-13,15-16H2,1-2H3. The molecule has 1 aliphatic rings. The Morgan fingerprint density at radius 2 is 1.69 bits per heavy atom. The molecule has 2 aromatic carbocycles. The van der Waals surface area contributed by atoms with Crippen molar-refractivity contribution < 1.29 is 0 Å².